The van der Waals surface area contributed by atoms with Gasteiger partial charge in [-0.25, -0.2) is 19.8 Å². The number of nitriles is 1. The predicted molar refractivity (Wildman–Crippen MR) is 251 cm³/mol. The third kappa shape index (κ3) is 6.30. The van der Waals surface area contributed by atoms with E-state index in [1.54, 1.807) is 0 Å². The van der Waals surface area contributed by atoms with Crippen molar-refractivity contribution < 1.29 is 0 Å². The summed E-state index contributed by atoms with van der Waals surface area (Å²) in [7, 11) is 0. The van der Waals surface area contributed by atoms with E-state index < -0.39 is 0 Å². The number of rotatable bonds is 7. The van der Waals surface area contributed by atoms with Crippen molar-refractivity contribution in [1.82, 2.24) is 15.0 Å². The van der Waals surface area contributed by atoms with E-state index in [0.717, 1.165) is 61.2 Å². The van der Waals surface area contributed by atoms with Gasteiger partial charge in [0.05, 0.1) is 18.2 Å². The van der Waals surface area contributed by atoms with Crippen LogP contribution in [0, 0.1) is 17.9 Å². The van der Waals surface area contributed by atoms with Crippen LogP contribution >= 0.6 is 0 Å². The van der Waals surface area contributed by atoms with Crippen LogP contribution < -0.4 is 0 Å². The van der Waals surface area contributed by atoms with Crippen molar-refractivity contribution in [3.63, 3.8) is 0 Å². The second kappa shape index (κ2) is 15.1. The number of aromatic nitrogens is 3. The Kier molecular flexibility index (Phi) is 8.85. The van der Waals surface area contributed by atoms with E-state index in [0.29, 0.717) is 28.7 Å². The van der Waals surface area contributed by atoms with Crippen LogP contribution in [0.1, 0.15) is 5.56 Å². The van der Waals surface area contributed by atoms with Crippen molar-refractivity contribution in [3.05, 3.63) is 217 Å². The van der Waals surface area contributed by atoms with Gasteiger partial charge in [-0.15, -0.1) is 0 Å². The molecule has 1 aromatic heterocycles. The van der Waals surface area contributed by atoms with Crippen molar-refractivity contribution in [3.8, 4) is 107 Å². The second-order valence-corrected chi connectivity index (χ2v) is 15.4. The fourth-order valence-electron chi connectivity index (χ4n) is 8.81. The van der Waals surface area contributed by atoms with Gasteiger partial charge >= 0.3 is 0 Å². The molecule has 0 spiro atoms. The molecule has 0 radical (unpaired) electrons. The number of nitrogens with zero attached hydrogens (tertiary/aromatic N) is 5. The van der Waals surface area contributed by atoms with Crippen LogP contribution in [0.15, 0.2) is 200 Å². The number of fused-ring (bicyclic) bond motifs is 3. The molecule has 10 aromatic rings. The molecule has 5 heteroatoms. The molecule has 5 nitrogen and oxygen atoms in total. The van der Waals surface area contributed by atoms with Crippen LogP contribution in [-0.2, 0) is 0 Å². The minimum absolute atomic E-state index is 0.478. The third-order valence-corrected chi connectivity index (χ3v) is 11.7. The lowest BCUT2D eigenvalue weighted by atomic mass is 9.90. The highest BCUT2D eigenvalue weighted by Gasteiger charge is 2.22. The van der Waals surface area contributed by atoms with Gasteiger partial charge in [0, 0.05) is 16.7 Å². The molecule has 0 saturated heterocycles. The quantitative estimate of drug-likeness (QED) is 0.151. The monoisotopic (exact) mass is 787 g/mol. The fourth-order valence-corrected chi connectivity index (χ4v) is 8.81. The van der Waals surface area contributed by atoms with Gasteiger partial charge in [0.15, 0.2) is 23.2 Å². The van der Waals surface area contributed by atoms with E-state index in [1.165, 1.54) is 33.0 Å². The smallest absolute Gasteiger partial charge is 0.195 e. The zero-order valence-corrected chi connectivity index (χ0v) is 33.3. The first-order valence-corrected chi connectivity index (χ1v) is 20.4. The summed E-state index contributed by atoms with van der Waals surface area (Å²) in [5, 5.41) is 12.7. The van der Waals surface area contributed by atoms with Crippen LogP contribution in [0.4, 0.5) is 5.69 Å². The van der Waals surface area contributed by atoms with Crippen LogP contribution in [-0.4, -0.2) is 15.0 Å². The molecular formula is C57H33N5. The summed E-state index contributed by atoms with van der Waals surface area (Å²) >= 11 is 0. The summed E-state index contributed by atoms with van der Waals surface area (Å²) in [5.74, 6) is 1.53. The Labute approximate surface area is 359 Å². The highest BCUT2D eigenvalue weighted by molar-refractivity contribution is 6.16. The van der Waals surface area contributed by atoms with Gasteiger partial charge < -0.3 is 0 Å². The van der Waals surface area contributed by atoms with E-state index >= 15 is 0 Å². The standard InChI is InChI=1S/C57H33N5/c1-59-52-24-12-22-47(54(52)42-18-10-17-40(31-42)44-32-41-19-11-23-50-48-20-8-9-21-49(48)51(34-44)53(41)50)37-25-27-39(28-26-37)56-60-55(38-15-6-3-7-16-38)61-57(62-56)43-29-30-46(45(33-43)35-58)36-13-4-2-5-14-36/h2-34H. The maximum atomic E-state index is 10.2. The van der Waals surface area contributed by atoms with Crippen molar-refractivity contribution in [1.29, 1.82) is 5.26 Å². The molecule has 9 aromatic carbocycles. The molecule has 1 heterocycles. The normalized spacial score (nSPS) is 11.2. The molecule has 0 atom stereocenters. The van der Waals surface area contributed by atoms with E-state index in [1.807, 2.05) is 103 Å². The van der Waals surface area contributed by atoms with E-state index in [2.05, 4.69) is 108 Å². The van der Waals surface area contributed by atoms with E-state index in [4.69, 9.17) is 21.5 Å². The first-order chi connectivity index (χ1) is 30.6. The van der Waals surface area contributed by atoms with Gasteiger partial charge in [0.25, 0.3) is 0 Å². The van der Waals surface area contributed by atoms with Crippen LogP contribution in [0.2, 0.25) is 0 Å². The van der Waals surface area contributed by atoms with Crippen molar-refractivity contribution >= 4 is 16.5 Å². The van der Waals surface area contributed by atoms with E-state index in [-0.39, 0.29) is 0 Å². The molecule has 0 fully saturated rings. The van der Waals surface area contributed by atoms with Gasteiger partial charge in [-0.1, -0.05) is 176 Å². The third-order valence-electron chi connectivity index (χ3n) is 11.7. The Morgan fingerprint density at radius 1 is 0.371 bits per heavy atom. The Morgan fingerprint density at radius 3 is 1.63 bits per heavy atom. The Balaban J connectivity index is 0.979. The fraction of sp³-hybridized carbons (Fsp3) is 0. The maximum absolute atomic E-state index is 10.2. The molecule has 0 bridgehead atoms. The second-order valence-electron chi connectivity index (χ2n) is 15.4. The topological polar surface area (TPSA) is 66.8 Å². The summed E-state index contributed by atoms with van der Waals surface area (Å²) in [6, 6.07) is 70.4. The van der Waals surface area contributed by atoms with Crippen molar-refractivity contribution in [2.75, 3.05) is 0 Å². The lowest BCUT2D eigenvalue weighted by molar-refractivity contribution is 1.07. The summed E-state index contributed by atoms with van der Waals surface area (Å²) in [6.07, 6.45) is 0. The molecule has 0 N–H and O–H groups in total. The minimum atomic E-state index is 0.478. The molecule has 62 heavy (non-hydrogen) atoms. The SMILES string of the molecule is [C-]#[N+]c1cccc(-c2ccc(-c3nc(-c4ccccc4)nc(-c4ccc(-c5ccccc5)c(C#N)c4)n3)cc2)c1-c1cccc(-c2cc3c4c(cccc4c2)-c2ccccc2-3)c1. The van der Waals surface area contributed by atoms with Gasteiger partial charge in [-0.3, -0.25) is 0 Å². The summed E-state index contributed by atoms with van der Waals surface area (Å²) in [6.45, 7) is 8.22. The molecule has 1 aliphatic carbocycles. The van der Waals surface area contributed by atoms with Gasteiger partial charge in [0.2, 0.25) is 0 Å². The Morgan fingerprint density at radius 2 is 0.903 bits per heavy atom. The van der Waals surface area contributed by atoms with Crippen molar-refractivity contribution in [2.24, 2.45) is 0 Å². The Hall–Kier alpha value is -8.77. The number of hydrogen-bond donors (Lipinski definition) is 0. The lowest BCUT2D eigenvalue weighted by Crippen LogP contribution is -2.00. The van der Waals surface area contributed by atoms with Crippen molar-refractivity contribution in [2.45, 2.75) is 0 Å². The largest absolute Gasteiger partial charge is 0.237 e. The van der Waals surface area contributed by atoms with Crippen LogP contribution in [0.25, 0.3) is 117 Å². The molecule has 0 unspecified atom stereocenters. The highest BCUT2D eigenvalue weighted by Crippen LogP contribution is 2.49. The molecule has 1 aliphatic rings. The Bertz CT molecular complexity index is 3470. The molecule has 0 amide bonds. The first-order valence-electron chi connectivity index (χ1n) is 20.4. The summed E-state index contributed by atoms with van der Waals surface area (Å²) < 4.78 is 0. The van der Waals surface area contributed by atoms with Gasteiger partial charge in [-0.2, -0.15) is 5.26 Å². The summed E-state index contributed by atoms with van der Waals surface area (Å²) in [5.41, 5.74) is 16.4. The van der Waals surface area contributed by atoms with E-state index in [9.17, 15) is 5.26 Å². The molecule has 0 saturated carbocycles. The molecule has 286 valence electrons. The zero-order valence-electron chi connectivity index (χ0n) is 33.3. The molecule has 11 rings (SSSR count). The average Bonchev–Trinajstić information content (AvgIpc) is 3.68. The highest BCUT2D eigenvalue weighted by atomic mass is 15.0. The average molecular weight is 788 g/mol. The molecule has 0 aliphatic heterocycles. The minimum Gasteiger partial charge on any atom is -0.237 e. The maximum Gasteiger partial charge on any atom is 0.195 e. The lowest BCUT2D eigenvalue weighted by Gasteiger charge is -2.15. The first kappa shape index (κ1) is 36.3. The molecular weight excluding hydrogens is 755 g/mol. The van der Waals surface area contributed by atoms with Crippen LogP contribution in [0.3, 0.4) is 0 Å². The predicted octanol–water partition coefficient (Wildman–Crippen LogP) is 14.8. The van der Waals surface area contributed by atoms with Gasteiger partial charge in [-0.05, 0) is 102 Å². The number of hydrogen-bond acceptors (Lipinski definition) is 4. The van der Waals surface area contributed by atoms with Crippen LogP contribution in [0.5, 0.6) is 0 Å². The van der Waals surface area contributed by atoms with Gasteiger partial charge in [0.1, 0.15) is 0 Å². The zero-order chi connectivity index (χ0) is 41.6. The number of benzene rings is 9. The summed E-state index contributed by atoms with van der Waals surface area (Å²) in [4.78, 5) is 18.9.